The number of ether oxygens (including phenoxy) is 3. The fraction of sp³-hybridized carbons (Fsp3) is 0.154. The van der Waals surface area contributed by atoms with E-state index in [1.165, 1.54) is 0 Å². The molecule has 0 fully saturated rings. The summed E-state index contributed by atoms with van der Waals surface area (Å²) in [5.74, 6) is 2.76. The number of anilines is 1. The van der Waals surface area contributed by atoms with Crippen LogP contribution in [0.25, 0.3) is 5.70 Å². The van der Waals surface area contributed by atoms with Crippen LogP contribution in [0.1, 0.15) is 28.8 Å². The zero-order valence-corrected chi connectivity index (χ0v) is 19.3. The van der Waals surface area contributed by atoms with E-state index in [0.29, 0.717) is 22.5 Å². The van der Waals surface area contributed by atoms with Crippen LogP contribution in [0.15, 0.2) is 78.6 Å². The van der Waals surface area contributed by atoms with Gasteiger partial charge in [-0.25, -0.2) is 4.68 Å². The highest BCUT2D eigenvalue weighted by Crippen LogP contribution is 2.51. The first-order chi connectivity index (χ1) is 16.7. The van der Waals surface area contributed by atoms with E-state index in [1.807, 2.05) is 71.4 Å². The van der Waals surface area contributed by atoms with Crippen LogP contribution in [0, 0.1) is 0 Å². The van der Waals surface area contributed by atoms with E-state index in [0.717, 1.165) is 33.7 Å². The highest BCUT2D eigenvalue weighted by atomic mass is 35.5. The Morgan fingerprint density at radius 3 is 2.50 bits per heavy atom. The minimum Gasteiger partial charge on any atom is -0.493 e. The Bertz CT molecular complexity index is 1410. The molecule has 34 heavy (non-hydrogen) atoms. The number of benzene rings is 3. The van der Waals surface area contributed by atoms with Crippen LogP contribution in [0.5, 0.6) is 17.2 Å². The zero-order chi connectivity index (χ0) is 23.2. The third-order valence-electron chi connectivity index (χ3n) is 6.22. The molecule has 0 aliphatic carbocycles. The summed E-state index contributed by atoms with van der Waals surface area (Å²) in [5.41, 5.74) is 4.92. The van der Waals surface area contributed by atoms with Gasteiger partial charge in [-0.2, -0.15) is 10.1 Å². The molecule has 0 saturated carbocycles. The van der Waals surface area contributed by atoms with Crippen molar-refractivity contribution in [3.05, 3.63) is 100 Å². The second-order valence-corrected chi connectivity index (χ2v) is 8.48. The summed E-state index contributed by atoms with van der Waals surface area (Å²) >= 11 is 6.19. The molecule has 0 unspecified atom stereocenters. The summed E-state index contributed by atoms with van der Waals surface area (Å²) in [6, 6.07) is 21.4. The predicted octanol–water partition coefficient (Wildman–Crippen LogP) is 5.51. The summed E-state index contributed by atoms with van der Waals surface area (Å²) < 4.78 is 19.6. The summed E-state index contributed by atoms with van der Waals surface area (Å²) in [5, 5.41) is 8.74. The molecule has 0 amide bonds. The van der Waals surface area contributed by atoms with Crippen LogP contribution < -0.4 is 19.5 Å². The molecule has 2 aliphatic heterocycles. The number of rotatable bonds is 4. The maximum absolute atomic E-state index is 6.61. The molecule has 7 nitrogen and oxygen atoms in total. The fourth-order valence-electron chi connectivity index (χ4n) is 4.67. The van der Waals surface area contributed by atoms with Gasteiger partial charge in [0, 0.05) is 16.2 Å². The molecule has 0 saturated heterocycles. The molecule has 8 heteroatoms. The van der Waals surface area contributed by atoms with Gasteiger partial charge < -0.3 is 19.5 Å². The molecule has 1 aromatic heterocycles. The van der Waals surface area contributed by atoms with Crippen molar-refractivity contribution in [1.82, 2.24) is 14.8 Å². The van der Waals surface area contributed by atoms with Gasteiger partial charge in [-0.1, -0.05) is 41.9 Å². The van der Waals surface area contributed by atoms with Gasteiger partial charge in [0.05, 0.1) is 19.9 Å². The van der Waals surface area contributed by atoms with Crippen molar-refractivity contribution in [2.24, 2.45) is 0 Å². The molecule has 3 heterocycles. The maximum Gasteiger partial charge on any atom is 0.226 e. The number of hydrogen-bond donors (Lipinski definition) is 1. The highest BCUT2D eigenvalue weighted by molar-refractivity contribution is 6.30. The van der Waals surface area contributed by atoms with Gasteiger partial charge in [0.1, 0.15) is 24.2 Å². The van der Waals surface area contributed by atoms with Crippen molar-refractivity contribution in [2.75, 3.05) is 19.5 Å². The van der Waals surface area contributed by atoms with E-state index in [9.17, 15) is 0 Å². The maximum atomic E-state index is 6.61. The zero-order valence-electron chi connectivity index (χ0n) is 18.5. The van der Waals surface area contributed by atoms with E-state index >= 15 is 0 Å². The lowest BCUT2D eigenvalue weighted by Crippen LogP contribution is -2.32. The molecule has 3 aromatic carbocycles. The lowest BCUT2D eigenvalue weighted by Gasteiger charge is -2.39. The lowest BCUT2D eigenvalue weighted by atomic mass is 9.84. The van der Waals surface area contributed by atoms with Crippen molar-refractivity contribution in [2.45, 2.75) is 12.1 Å². The van der Waals surface area contributed by atoms with Crippen molar-refractivity contribution >= 4 is 23.2 Å². The minimum atomic E-state index is -0.370. The topological polar surface area (TPSA) is 70.4 Å². The van der Waals surface area contributed by atoms with Gasteiger partial charge in [-0.3, -0.25) is 0 Å². The Hall–Kier alpha value is -3.97. The van der Waals surface area contributed by atoms with Crippen LogP contribution in [0.4, 0.5) is 5.95 Å². The highest BCUT2D eigenvalue weighted by Gasteiger charge is 2.41. The van der Waals surface area contributed by atoms with E-state index in [4.69, 9.17) is 25.8 Å². The number of halogens is 1. The smallest absolute Gasteiger partial charge is 0.226 e. The summed E-state index contributed by atoms with van der Waals surface area (Å²) in [6.07, 6.45) is 1.18. The first-order valence-electron chi connectivity index (χ1n) is 10.8. The monoisotopic (exact) mass is 472 g/mol. The van der Waals surface area contributed by atoms with Crippen molar-refractivity contribution < 1.29 is 14.2 Å². The molecular formula is C26H21ClN4O3. The van der Waals surface area contributed by atoms with Crippen molar-refractivity contribution in [1.29, 1.82) is 0 Å². The van der Waals surface area contributed by atoms with Crippen molar-refractivity contribution in [3.8, 4) is 17.2 Å². The van der Waals surface area contributed by atoms with Gasteiger partial charge in [0.15, 0.2) is 11.5 Å². The number of nitrogens with one attached hydrogen (secondary N) is 1. The van der Waals surface area contributed by atoms with Crippen LogP contribution in [0.3, 0.4) is 0 Å². The van der Waals surface area contributed by atoms with Gasteiger partial charge in [0.25, 0.3) is 0 Å². The van der Waals surface area contributed by atoms with Gasteiger partial charge in [0.2, 0.25) is 5.95 Å². The lowest BCUT2D eigenvalue weighted by molar-refractivity contribution is 0.223. The second kappa shape index (κ2) is 8.11. The number of nitrogens with zero attached hydrogens (tertiary/aromatic N) is 3. The SMILES string of the molecule is COc1ccc([C@@H]2C3=C(Nc4ncnn42)c2ccccc2O[C@H]3c2ccc(Cl)cc2)cc1OC. The third-order valence-corrected chi connectivity index (χ3v) is 6.47. The van der Waals surface area contributed by atoms with Crippen LogP contribution in [-0.4, -0.2) is 29.0 Å². The van der Waals surface area contributed by atoms with E-state index in [-0.39, 0.29) is 12.1 Å². The molecule has 1 N–H and O–H groups in total. The van der Waals surface area contributed by atoms with E-state index in [1.54, 1.807) is 20.5 Å². The fourth-order valence-corrected chi connectivity index (χ4v) is 4.80. The molecule has 4 aromatic rings. The molecule has 2 aliphatic rings. The Kier molecular flexibility index (Phi) is 4.92. The minimum absolute atomic E-state index is 0.289. The first-order valence-corrected chi connectivity index (χ1v) is 11.2. The molecule has 2 atom stereocenters. The second-order valence-electron chi connectivity index (χ2n) is 8.05. The van der Waals surface area contributed by atoms with E-state index < -0.39 is 0 Å². The summed E-state index contributed by atoms with van der Waals surface area (Å²) in [7, 11) is 3.26. The first kappa shape index (κ1) is 20.6. The van der Waals surface area contributed by atoms with Crippen molar-refractivity contribution in [3.63, 3.8) is 0 Å². The van der Waals surface area contributed by atoms with E-state index in [2.05, 4.69) is 15.4 Å². The Balaban J connectivity index is 1.61. The standard InChI is InChI=1S/C26H21ClN4O3/c1-32-20-12-9-16(13-21(20)33-2)24-22-23(30-26-28-14-29-31(24)26)18-5-3-4-6-19(18)34-25(22)15-7-10-17(27)11-8-15/h3-14,24-25H,1-2H3,(H,28,29,30)/t24-,25+/m1/s1. The van der Waals surface area contributed by atoms with Crippen LogP contribution >= 0.6 is 11.6 Å². The molecule has 6 rings (SSSR count). The largest absolute Gasteiger partial charge is 0.493 e. The molecule has 0 spiro atoms. The number of aromatic nitrogens is 3. The Morgan fingerprint density at radius 1 is 0.941 bits per heavy atom. The average molecular weight is 473 g/mol. The molecule has 0 radical (unpaired) electrons. The third kappa shape index (κ3) is 3.20. The summed E-state index contributed by atoms with van der Waals surface area (Å²) in [4.78, 5) is 4.47. The predicted molar refractivity (Wildman–Crippen MR) is 130 cm³/mol. The van der Waals surface area contributed by atoms with Crippen LogP contribution in [0.2, 0.25) is 5.02 Å². The Labute approximate surface area is 201 Å². The molecule has 0 bridgehead atoms. The van der Waals surface area contributed by atoms with Gasteiger partial charge in [-0.15, -0.1) is 0 Å². The number of fused-ring (bicyclic) bond motifs is 3. The average Bonchev–Trinajstić information content (AvgIpc) is 3.35. The number of hydrogen-bond acceptors (Lipinski definition) is 6. The quantitative estimate of drug-likeness (QED) is 0.422. The normalized spacial score (nSPS) is 18.2. The number of para-hydroxylation sites is 1. The number of methoxy groups -OCH3 is 2. The van der Waals surface area contributed by atoms with Gasteiger partial charge >= 0.3 is 0 Å². The van der Waals surface area contributed by atoms with Gasteiger partial charge in [-0.05, 0) is 47.5 Å². The summed E-state index contributed by atoms with van der Waals surface area (Å²) in [6.45, 7) is 0. The van der Waals surface area contributed by atoms with Crippen LogP contribution in [-0.2, 0) is 0 Å². The Morgan fingerprint density at radius 2 is 1.71 bits per heavy atom. The molecule has 170 valence electrons. The molecular weight excluding hydrogens is 452 g/mol.